The first-order valence-electron chi connectivity index (χ1n) is 7.79. The van der Waals surface area contributed by atoms with Crippen LogP contribution in [0.3, 0.4) is 0 Å². The largest absolute Gasteiger partial charge is 0.444 e. The van der Waals surface area contributed by atoms with Crippen molar-refractivity contribution in [1.29, 1.82) is 0 Å². The third-order valence-electron chi connectivity index (χ3n) is 3.17. The van der Waals surface area contributed by atoms with Crippen LogP contribution in [0.25, 0.3) is 0 Å². The Hall–Kier alpha value is -1.59. The topological polar surface area (TPSA) is 76.4 Å². The lowest BCUT2D eigenvalue weighted by Gasteiger charge is -2.24. The fourth-order valence-corrected chi connectivity index (χ4v) is 2.01. The molecule has 1 aromatic rings. The molecule has 22 heavy (non-hydrogen) atoms. The summed E-state index contributed by atoms with van der Waals surface area (Å²) >= 11 is 0. The zero-order valence-corrected chi connectivity index (χ0v) is 14.1. The Bertz CT molecular complexity index is 443. The Morgan fingerprint density at radius 2 is 1.91 bits per heavy atom. The van der Waals surface area contributed by atoms with Crippen LogP contribution in [0.2, 0.25) is 0 Å². The third-order valence-corrected chi connectivity index (χ3v) is 3.17. The molecular formula is C17H29N3O2. The Morgan fingerprint density at radius 3 is 2.45 bits per heavy atom. The molecule has 1 aromatic carbocycles. The van der Waals surface area contributed by atoms with Crippen molar-refractivity contribution in [3.63, 3.8) is 0 Å². The number of ether oxygens (including phenoxy) is 1. The van der Waals surface area contributed by atoms with Crippen LogP contribution in [0.1, 0.15) is 45.7 Å². The van der Waals surface area contributed by atoms with E-state index in [1.54, 1.807) is 0 Å². The van der Waals surface area contributed by atoms with Crippen LogP contribution >= 0.6 is 0 Å². The van der Waals surface area contributed by atoms with Gasteiger partial charge in [0.2, 0.25) is 0 Å². The van der Waals surface area contributed by atoms with Gasteiger partial charge in [0.1, 0.15) is 5.60 Å². The summed E-state index contributed by atoms with van der Waals surface area (Å²) in [6, 6.07) is 10.1. The molecule has 5 nitrogen and oxygen atoms in total. The van der Waals surface area contributed by atoms with E-state index in [2.05, 4.69) is 10.6 Å². The summed E-state index contributed by atoms with van der Waals surface area (Å²) in [4.78, 5) is 12.0. The van der Waals surface area contributed by atoms with E-state index in [1.165, 1.54) is 0 Å². The molecule has 0 aliphatic heterocycles. The lowest BCUT2D eigenvalue weighted by atomic mass is 10.0. The van der Waals surface area contributed by atoms with Gasteiger partial charge in [-0.2, -0.15) is 0 Å². The lowest BCUT2D eigenvalue weighted by molar-refractivity contribution is 0.0501. The molecule has 0 spiro atoms. The van der Waals surface area contributed by atoms with Crippen LogP contribution in [0.4, 0.5) is 4.79 Å². The zero-order valence-electron chi connectivity index (χ0n) is 14.1. The van der Waals surface area contributed by atoms with E-state index in [0.29, 0.717) is 6.54 Å². The molecule has 1 amide bonds. The van der Waals surface area contributed by atoms with Gasteiger partial charge < -0.3 is 21.1 Å². The summed E-state index contributed by atoms with van der Waals surface area (Å²) < 4.78 is 5.35. The number of carbonyl (C=O) groups is 1. The van der Waals surface area contributed by atoms with Crippen LogP contribution in [0.15, 0.2) is 30.3 Å². The van der Waals surface area contributed by atoms with Crippen molar-refractivity contribution in [2.45, 2.75) is 51.8 Å². The highest BCUT2D eigenvalue weighted by Gasteiger charge is 2.20. The molecule has 0 aliphatic rings. The van der Waals surface area contributed by atoms with Crippen molar-refractivity contribution in [2.75, 3.05) is 13.1 Å². The van der Waals surface area contributed by atoms with Crippen molar-refractivity contribution in [1.82, 2.24) is 10.6 Å². The molecule has 5 heteroatoms. The van der Waals surface area contributed by atoms with Crippen molar-refractivity contribution in [2.24, 2.45) is 5.73 Å². The van der Waals surface area contributed by atoms with Crippen LogP contribution in [-0.2, 0) is 4.74 Å². The average Bonchev–Trinajstić information content (AvgIpc) is 2.45. The van der Waals surface area contributed by atoms with Gasteiger partial charge in [-0.3, -0.25) is 0 Å². The third kappa shape index (κ3) is 7.43. The molecule has 0 aliphatic carbocycles. The zero-order chi connectivity index (χ0) is 16.6. The monoisotopic (exact) mass is 307 g/mol. The van der Waals surface area contributed by atoms with Crippen molar-refractivity contribution in [3.05, 3.63) is 35.9 Å². The van der Waals surface area contributed by atoms with Crippen molar-refractivity contribution < 1.29 is 9.53 Å². The smallest absolute Gasteiger partial charge is 0.408 e. The molecule has 4 N–H and O–H groups in total. The molecule has 0 heterocycles. The molecule has 2 atom stereocenters. The number of hydrogen-bond donors (Lipinski definition) is 3. The SMILES string of the molecule is CC(CN)NCCC(NC(=O)OC(C)(C)C)c1ccccc1. The number of nitrogens with two attached hydrogens (primary N) is 1. The second-order valence-electron chi connectivity index (χ2n) is 6.49. The highest BCUT2D eigenvalue weighted by Crippen LogP contribution is 2.17. The Kier molecular flexibility index (Phi) is 7.35. The van der Waals surface area contributed by atoms with Gasteiger partial charge in [0.05, 0.1) is 6.04 Å². The van der Waals surface area contributed by atoms with Crippen LogP contribution < -0.4 is 16.4 Å². The van der Waals surface area contributed by atoms with Gasteiger partial charge in [-0.1, -0.05) is 30.3 Å². The molecule has 1 rings (SSSR count). The molecule has 2 unspecified atom stereocenters. The molecule has 0 saturated carbocycles. The maximum absolute atomic E-state index is 12.0. The van der Waals surface area contributed by atoms with E-state index in [-0.39, 0.29) is 12.1 Å². The van der Waals surface area contributed by atoms with Gasteiger partial charge in [0, 0.05) is 12.6 Å². The summed E-state index contributed by atoms with van der Waals surface area (Å²) in [5.74, 6) is 0. The van der Waals surface area contributed by atoms with Crippen LogP contribution in [0.5, 0.6) is 0 Å². The Morgan fingerprint density at radius 1 is 1.27 bits per heavy atom. The second kappa shape index (κ2) is 8.76. The maximum atomic E-state index is 12.0. The molecule has 0 bridgehead atoms. The number of nitrogens with one attached hydrogen (secondary N) is 2. The highest BCUT2D eigenvalue weighted by atomic mass is 16.6. The molecular weight excluding hydrogens is 278 g/mol. The second-order valence-corrected chi connectivity index (χ2v) is 6.49. The fourth-order valence-electron chi connectivity index (χ4n) is 2.01. The summed E-state index contributed by atoms with van der Waals surface area (Å²) in [6.45, 7) is 8.97. The number of benzene rings is 1. The Balaban J connectivity index is 2.65. The number of carbonyl (C=O) groups excluding carboxylic acids is 1. The summed E-state index contributed by atoms with van der Waals surface area (Å²) in [7, 11) is 0. The van der Waals surface area contributed by atoms with E-state index in [1.807, 2.05) is 58.0 Å². The highest BCUT2D eigenvalue weighted by molar-refractivity contribution is 5.68. The lowest BCUT2D eigenvalue weighted by Crippen LogP contribution is -2.38. The summed E-state index contributed by atoms with van der Waals surface area (Å²) in [6.07, 6.45) is 0.376. The standard InChI is InChI=1S/C17H29N3O2/c1-13(12-18)19-11-10-15(14-8-6-5-7-9-14)20-16(21)22-17(2,3)4/h5-9,13,15,19H,10-12,18H2,1-4H3,(H,20,21). The van der Waals surface area contributed by atoms with Crippen LogP contribution in [0, 0.1) is 0 Å². The van der Waals surface area contributed by atoms with E-state index in [0.717, 1.165) is 18.5 Å². The maximum Gasteiger partial charge on any atom is 0.408 e. The van der Waals surface area contributed by atoms with E-state index in [4.69, 9.17) is 10.5 Å². The van der Waals surface area contributed by atoms with Gasteiger partial charge in [-0.05, 0) is 46.2 Å². The molecule has 0 radical (unpaired) electrons. The van der Waals surface area contributed by atoms with E-state index in [9.17, 15) is 4.79 Å². The molecule has 0 saturated heterocycles. The van der Waals surface area contributed by atoms with Crippen molar-refractivity contribution in [3.8, 4) is 0 Å². The minimum absolute atomic E-state index is 0.0893. The Labute approximate surface area is 133 Å². The quantitative estimate of drug-likeness (QED) is 0.723. The first-order chi connectivity index (χ1) is 10.3. The normalized spacial score (nSPS) is 14.2. The molecule has 0 aromatic heterocycles. The number of amides is 1. The van der Waals surface area contributed by atoms with Gasteiger partial charge in [0.25, 0.3) is 0 Å². The van der Waals surface area contributed by atoms with Gasteiger partial charge in [-0.25, -0.2) is 4.79 Å². The summed E-state index contributed by atoms with van der Waals surface area (Å²) in [5.41, 5.74) is 6.16. The predicted octanol–water partition coefficient (Wildman–Crippen LogP) is 2.58. The molecule has 124 valence electrons. The average molecular weight is 307 g/mol. The first-order valence-corrected chi connectivity index (χ1v) is 7.79. The van der Waals surface area contributed by atoms with Gasteiger partial charge in [-0.15, -0.1) is 0 Å². The van der Waals surface area contributed by atoms with E-state index < -0.39 is 11.7 Å². The van der Waals surface area contributed by atoms with Gasteiger partial charge in [0.15, 0.2) is 0 Å². The molecule has 0 fully saturated rings. The minimum Gasteiger partial charge on any atom is -0.444 e. The predicted molar refractivity (Wildman–Crippen MR) is 89.7 cm³/mol. The number of hydrogen-bond acceptors (Lipinski definition) is 4. The van der Waals surface area contributed by atoms with Crippen molar-refractivity contribution >= 4 is 6.09 Å². The van der Waals surface area contributed by atoms with E-state index >= 15 is 0 Å². The summed E-state index contributed by atoms with van der Waals surface area (Å²) in [5, 5.41) is 6.29. The fraction of sp³-hybridized carbons (Fsp3) is 0.588. The van der Waals surface area contributed by atoms with Gasteiger partial charge >= 0.3 is 6.09 Å². The first kappa shape index (κ1) is 18.5. The number of rotatable bonds is 7. The minimum atomic E-state index is -0.502. The van der Waals surface area contributed by atoms with Crippen LogP contribution in [-0.4, -0.2) is 30.8 Å². The number of alkyl carbamates (subject to hydrolysis) is 1.